The Balaban J connectivity index is 2.33. The quantitative estimate of drug-likeness (QED) is 0.722. The van der Waals surface area contributed by atoms with Gasteiger partial charge in [-0.25, -0.2) is 4.39 Å². The first kappa shape index (κ1) is 11.1. The van der Waals surface area contributed by atoms with E-state index in [-0.39, 0.29) is 5.82 Å². The van der Waals surface area contributed by atoms with Crippen LogP contribution in [0.15, 0.2) is 24.4 Å². The molecule has 2 nitrogen and oxygen atoms in total. The normalized spacial score (nSPS) is 11.2. The summed E-state index contributed by atoms with van der Waals surface area (Å²) >= 11 is 0. The third kappa shape index (κ3) is 2.09. The first-order valence-electron chi connectivity index (χ1n) is 5.31. The molecule has 2 aromatic rings. The van der Waals surface area contributed by atoms with Crippen molar-refractivity contribution < 1.29 is 9.13 Å². The number of aryl methyl sites for hydroxylation is 1. The van der Waals surface area contributed by atoms with Gasteiger partial charge in [0.25, 0.3) is 0 Å². The molecule has 0 saturated carbocycles. The van der Waals surface area contributed by atoms with E-state index in [1.165, 1.54) is 6.07 Å². The standard InChI is InChI=1S/C13H15FNO/c1-10-9-15(6-3-7-16-2)13-8-11(14)4-5-12(10)13/h4-5,8-9H,1,3,6-7H2,2H3. The molecule has 0 fully saturated rings. The van der Waals surface area contributed by atoms with Gasteiger partial charge in [0.15, 0.2) is 0 Å². The van der Waals surface area contributed by atoms with Gasteiger partial charge in [-0.3, -0.25) is 0 Å². The molecule has 0 aliphatic carbocycles. The summed E-state index contributed by atoms with van der Waals surface area (Å²) in [5.74, 6) is -0.210. The molecule has 0 spiro atoms. The molecule has 1 aromatic carbocycles. The molecule has 0 saturated heterocycles. The number of methoxy groups -OCH3 is 1. The molecule has 0 aliphatic heterocycles. The lowest BCUT2D eigenvalue weighted by Crippen LogP contribution is -1.99. The van der Waals surface area contributed by atoms with Crippen LogP contribution in [0.2, 0.25) is 0 Å². The summed E-state index contributed by atoms with van der Waals surface area (Å²) < 4.78 is 20.2. The van der Waals surface area contributed by atoms with Crippen molar-refractivity contribution in [3.05, 3.63) is 42.7 Å². The van der Waals surface area contributed by atoms with E-state index in [2.05, 4.69) is 6.92 Å². The van der Waals surface area contributed by atoms with Crippen LogP contribution in [-0.4, -0.2) is 18.3 Å². The molecule has 0 atom stereocenters. The maximum Gasteiger partial charge on any atom is 0.125 e. The number of rotatable bonds is 4. The molecule has 85 valence electrons. The van der Waals surface area contributed by atoms with E-state index < -0.39 is 0 Å². The van der Waals surface area contributed by atoms with Gasteiger partial charge in [0.05, 0.1) is 5.52 Å². The second-order valence-corrected chi connectivity index (χ2v) is 3.86. The first-order chi connectivity index (χ1) is 7.72. The van der Waals surface area contributed by atoms with Crippen LogP contribution in [0.25, 0.3) is 10.9 Å². The van der Waals surface area contributed by atoms with Gasteiger partial charge in [-0.15, -0.1) is 0 Å². The van der Waals surface area contributed by atoms with E-state index in [0.29, 0.717) is 6.61 Å². The van der Waals surface area contributed by atoms with Gasteiger partial charge < -0.3 is 9.30 Å². The molecule has 0 bridgehead atoms. The maximum absolute atomic E-state index is 13.2. The molecular weight excluding hydrogens is 205 g/mol. The number of fused-ring (bicyclic) bond motifs is 1. The number of benzene rings is 1. The van der Waals surface area contributed by atoms with Crippen LogP contribution in [-0.2, 0) is 11.3 Å². The van der Waals surface area contributed by atoms with E-state index in [1.807, 2.05) is 10.8 Å². The summed E-state index contributed by atoms with van der Waals surface area (Å²) in [6, 6.07) is 4.80. The summed E-state index contributed by atoms with van der Waals surface area (Å²) in [5, 5.41) is 1.01. The number of halogens is 1. The van der Waals surface area contributed by atoms with Crippen LogP contribution in [0.5, 0.6) is 0 Å². The molecule has 3 heteroatoms. The zero-order valence-electron chi connectivity index (χ0n) is 9.37. The molecule has 0 unspecified atom stereocenters. The van der Waals surface area contributed by atoms with Crippen LogP contribution < -0.4 is 0 Å². The van der Waals surface area contributed by atoms with Crippen molar-refractivity contribution in [3.8, 4) is 0 Å². The van der Waals surface area contributed by atoms with Gasteiger partial charge in [-0.2, -0.15) is 0 Å². The van der Waals surface area contributed by atoms with Crippen LogP contribution >= 0.6 is 0 Å². The van der Waals surface area contributed by atoms with E-state index in [4.69, 9.17) is 4.74 Å². The lowest BCUT2D eigenvalue weighted by Gasteiger charge is -2.04. The monoisotopic (exact) mass is 220 g/mol. The molecule has 1 radical (unpaired) electrons. The van der Waals surface area contributed by atoms with E-state index in [1.54, 1.807) is 19.2 Å². The predicted octanol–water partition coefficient (Wildman–Crippen LogP) is 3.00. The van der Waals surface area contributed by atoms with Crippen molar-refractivity contribution in [2.45, 2.75) is 13.0 Å². The number of ether oxygens (including phenoxy) is 1. The Morgan fingerprint density at radius 1 is 1.44 bits per heavy atom. The van der Waals surface area contributed by atoms with Crippen molar-refractivity contribution >= 4 is 10.9 Å². The Morgan fingerprint density at radius 2 is 2.25 bits per heavy atom. The Bertz CT molecular complexity index is 490. The third-order valence-electron chi connectivity index (χ3n) is 2.67. The highest BCUT2D eigenvalue weighted by molar-refractivity contribution is 5.84. The minimum atomic E-state index is -0.210. The van der Waals surface area contributed by atoms with E-state index >= 15 is 0 Å². The Labute approximate surface area is 94.6 Å². The predicted molar refractivity (Wildman–Crippen MR) is 62.8 cm³/mol. The molecule has 0 amide bonds. The van der Waals surface area contributed by atoms with Gasteiger partial charge in [0.2, 0.25) is 0 Å². The van der Waals surface area contributed by atoms with Crippen LogP contribution in [0.3, 0.4) is 0 Å². The van der Waals surface area contributed by atoms with Gasteiger partial charge in [0.1, 0.15) is 5.82 Å². The largest absolute Gasteiger partial charge is 0.385 e. The van der Waals surface area contributed by atoms with E-state index in [0.717, 1.165) is 29.4 Å². The van der Waals surface area contributed by atoms with Gasteiger partial charge in [-0.1, -0.05) is 0 Å². The highest BCUT2D eigenvalue weighted by atomic mass is 19.1. The fourth-order valence-corrected chi connectivity index (χ4v) is 1.91. The Morgan fingerprint density at radius 3 is 3.00 bits per heavy atom. The fraction of sp³-hybridized carbons (Fsp3) is 0.308. The second-order valence-electron chi connectivity index (χ2n) is 3.86. The summed E-state index contributed by atoms with van der Waals surface area (Å²) in [4.78, 5) is 0. The smallest absolute Gasteiger partial charge is 0.125 e. The van der Waals surface area contributed by atoms with Gasteiger partial charge in [-0.05, 0) is 37.1 Å². The van der Waals surface area contributed by atoms with Crippen molar-refractivity contribution in [2.75, 3.05) is 13.7 Å². The molecule has 16 heavy (non-hydrogen) atoms. The minimum Gasteiger partial charge on any atom is -0.385 e. The second kappa shape index (κ2) is 4.66. The van der Waals surface area contributed by atoms with Gasteiger partial charge in [0, 0.05) is 31.8 Å². The molecular formula is C13H15FNO. The third-order valence-corrected chi connectivity index (χ3v) is 2.67. The summed E-state index contributed by atoms with van der Waals surface area (Å²) in [6.45, 7) is 5.49. The summed E-state index contributed by atoms with van der Waals surface area (Å²) in [7, 11) is 1.68. The molecule has 0 aliphatic rings. The zero-order valence-corrected chi connectivity index (χ0v) is 9.37. The van der Waals surface area contributed by atoms with Crippen molar-refractivity contribution in [3.63, 3.8) is 0 Å². The van der Waals surface area contributed by atoms with Crippen molar-refractivity contribution in [2.24, 2.45) is 0 Å². The zero-order chi connectivity index (χ0) is 11.5. The van der Waals surface area contributed by atoms with Crippen LogP contribution in [0.1, 0.15) is 12.0 Å². The SMILES string of the molecule is [CH2]c1cn(CCCOC)c2cc(F)ccc12. The topological polar surface area (TPSA) is 14.2 Å². The summed E-state index contributed by atoms with van der Waals surface area (Å²) in [5.41, 5.74) is 1.84. The number of hydrogen-bond acceptors (Lipinski definition) is 1. The maximum atomic E-state index is 13.2. The summed E-state index contributed by atoms with van der Waals surface area (Å²) in [6.07, 6.45) is 2.87. The van der Waals surface area contributed by atoms with Crippen molar-refractivity contribution in [1.82, 2.24) is 4.57 Å². The van der Waals surface area contributed by atoms with E-state index in [9.17, 15) is 4.39 Å². The van der Waals surface area contributed by atoms with Crippen LogP contribution in [0, 0.1) is 12.7 Å². The highest BCUT2D eigenvalue weighted by Gasteiger charge is 2.05. The number of aromatic nitrogens is 1. The average molecular weight is 220 g/mol. The minimum absolute atomic E-state index is 0.210. The number of hydrogen-bond donors (Lipinski definition) is 0. The Kier molecular flexibility index (Phi) is 3.25. The van der Waals surface area contributed by atoms with Gasteiger partial charge >= 0.3 is 0 Å². The molecule has 1 aromatic heterocycles. The molecule has 1 heterocycles. The van der Waals surface area contributed by atoms with Crippen LogP contribution in [0.4, 0.5) is 4.39 Å². The average Bonchev–Trinajstić information content (AvgIpc) is 2.56. The Hall–Kier alpha value is -1.35. The molecule has 0 N–H and O–H groups in total. The number of nitrogens with zero attached hydrogens (tertiary/aromatic N) is 1. The lowest BCUT2D eigenvalue weighted by atomic mass is 10.2. The molecule has 2 rings (SSSR count). The highest BCUT2D eigenvalue weighted by Crippen LogP contribution is 2.21. The fourth-order valence-electron chi connectivity index (χ4n) is 1.91. The lowest BCUT2D eigenvalue weighted by molar-refractivity contribution is 0.190. The first-order valence-corrected chi connectivity index (χ1v) is 5.31. The van der Waals surface area contributed by atoms with Crippen molar-refractivity contribution in [1.29, 1.82) is 0 Å².